The van der Waals surface area contributed by atoms with Gasteiger partial charge in [-0.05, 0) is 91.3 Å². The summed E-state index contributed by atoms with van der Waals surface area (Å²) >= 11 is 0. The Kier molecular flexibility index (Phi) is 14.5. The number of hydrogen-bond donors (Lipinski definition) is 3. The highest BCUT2D eigenvalue weighted by molar-refractivity contribution is 6.05. The van der Waals surface area contributed by atoms with E-state index in [-0.39, 0.29) is 48.5 Å². The van der Waals surface area contributed by atoms with Crippen LogP contribution < -0.4 is 25.8 Å². The van der Waals surface area contributed by atoms with Crippen molar-refractivity contribution in [2.24, 2.45) is 5.73 Å². The van der Waals surface area contributed by atoms with Crippen LogP contribution in [-0.2, 0) is 35.7 Å². The van der Waals surface area contributed by atoms with Gasteiger partial charge in [0, 0.05) is 45.3 Å². The van der Waals surface area contributed by atoms with Gasteiger partial charge in [-0.2, -0.15) is 10.2 Å². The van der Waals surface area contributed by atoms with Crippen LogP contribution >= 0.6 is 0 Å². The van der Waals surface area contributed by atoms with E-state index < -0.39 is 35.4 Å². The average Bonchev–Trinajstić information content (AvgIpc) is 4.04. The van der Waals surface area contributed by atoms with E-state index in [0.717, 1.165) is 0 Å². The summed E-state index contributed by atoms with van der Waals surface area (Å²) in [4.78, 5) is 76.3. The highest BCUT2D eigenvalue weighted by Gasteiger charge is 2.25. The summed E-state index contributed by atoms with van der Waals surface area (Å²) < 4.78 is 29.1. The average molecular weight is 909 g/mol. The zero-order valence-electron chi connectivity index (χ0n) is 38.8. The first kappa shape index (κ1) is 47.8. The Labute approximate surface area is 380 Å². The molecule has 0 bridgehead atoms. The molecule has 350 valence electrons. The third-order valence-corrected chi connectivity index (χ3v) is 10.2. The summed E-state index contributed by atoms with van der Waals surface area (Å²) in [6.45, 7) is 14.3. The summed E-state index contributed by atoms with van der Waals surface area (Å²) in [5.41, 5.74) is 9.01. The van der Waals surface area contributed by atoms with Crippen molar-refractivity contribution in [3.05, 3.63) is 82.5 Å². The first-order chi connectivity index (χ1) is 31.4. The number of nitrogens with two attached hydrogens (primary N) is 1. The minimum absolute atomic E-state index is 0.110. The molecule has 4 N–H and O–H groups in total. The molecule has 0 aliphatic carbocycles. The van der Waals surface area contributed by atoms with Crippen LogP contribution in [0.3, 0.4) is 0 Å². The van der Waals surface area contributed by atoms with Gasteiger partial charge in [-0.15, -0.1) is 0 Å². The Morgan fingerprint density at radius 1 is 0.758 bits per heavy atom. The van der Waals surface area contributed by atoms with E-state index in [1.54, 1.807) is 78.4 Å². The van der Waals surface area contributed by atoms with Gasteiger partial charge in [0.2, 0.25) is 17.8 Å². The molecule has 4 aromatic heterocycles. The topological polar surface area (TPSA) is 247 Å². The number of benzene rings is 2. The number of methoxy groups -OCH3 is 2. The quantitative estimate of drug-likeness (QED) is 0.0531. The lowest BCUT2D eigenvalue weighted by Gasteiger charge is -2.24. The van der Waals surface area contributed by atoms with Gasteiger partial charge in [0.05, 0.1) is 48.8 Å². The Hall–Kier alpha value is -7.71. The predicted molar refractivity (Wildman–Crippen MR) is 245 cm³/mol. The van der Waals surface area contributed by atoms with Crippen LogP contribution in [0, 0.1) is 13.8 Å². The number of hydrogen-bond acceptors (Lipinski definition) is 13. The Bertz CT molecular complexity index is 2840. The molecule has 0 aliphatic rings. The number of ether oxygens (including phenoxy) is 4. The number of carbonyl (C=O) groups excluding carboxylic acids is 5. The molecule has 6 rings (SSSR count). The second-order valence-corrected chi connectivity index (χ2v) is 16.3. The maximum Gasteiger partial charge on any atom is 0.410 e. The number of esters is 1. The maximum atomic E-state index is 13.9. The number of nitrogens with one attached hydrogen (secondary N) is 2. The minimum Gasteiger partial charge on any atom is -0.494 e. The fourth-order valence-electron chi connectivity index (χ4n) is 7.19. The van der Waals surface area contributed by atoms with E-state index >= 15 is 0 Å². The molecule has 4 heterocycles. The summed E-state index contributed by atoms with van der Waals surface area (Å²) in [6, 6.07) is 9.47. The molecule has 0 atom stereocenters. The highest BCUT2D eigenvalue weighted by atomic mass is 16.6. The molecule has 0 saturated heterocycles. The van der Waals surface area contributed by atoms with E-state index in [9.17, 15) is 24.0 Å². The summed E-state index contributed by atoms with van der Waals surface area (Å²) in [5, 5.41) is 14.7. The van der Waals surface area contributed by atoms with E-state index in [0.29, 0.717) is 76.6 Å². The van der Waals surface area contributed by atoms with E-state index in [1.807, 2.05) is 26.0 Å². The Morgan fingerprint density at radius 2 is 1.26 bits per heavy atom. The van der Waals surface area contributed by atoms with Gasteiger partial charge >= 0.3 is 12.1 Å². The number of aromatic nitrogens is 8. The summed E-state index contributed by atoms with van der Waals surface area (Å²) in [6.07, 6.45) is 3.56. The molecule has 6 aromatic rings. The number of rotatable bonds is 18. The van der Waals surface area contributed by atoms with Crippen molar-refractivity contribution < 1.29 is 42.9 Å². The van der Waals surface area contributed by atoms with Crippen molar-refractivity contribution in [3.63, 3.8) is 0 Å². The van der Waals surface area contributed by atoms with Crippen LogP contribution in [-0.4, -0.2) is 113 Å². The van der Waals surface area contributed by atoms with Gasteiger partial charge < -0.3 is 38.7 Å². The molecule has 0 spiro atoms. The Balaban J connectivity index is 1.38. The third kappa shape index (κ3) is 10.6. The number of nitrogens with zero attached hydrogens (tertiary/aromatic N) is 9. The maximum absolute atomic E-state index is 13.9. The molecule has 21 heteroatoms. The second kappa shape index (κ2) is 20.0. The van der Waals surface area contributed by atoms with E-state index in [2.05, 4.69) is 20.8 Å². The summed E-state index contributed by atoms with van der Waals surface area (Å²) in [7, 11) is 4.36. The Morgan fingerprint density at radius 3 is 1.73 bits per heavy atom. The number of aryl methyl sites for hydroxylation is 4. The molecule has 0 fully saturated rings. The van der Waals surface area contributed by atoms with Crippen molar-refractivity contribution in [1.29, 1.82) is 0 Å². The molecule has 0 unspecified atom stereocenters. The second-order valence-electron chi connectivity index (χ2n) is 16.3. The lowest BCUT2D eigenvalue weighted by molar-refractivity contribution is 0.0291. The lowest BCUT2D eigenvalue weighted by atomic mass is 10.1. The standard InChI is InChI=1S/C45H56N12O9/c1-11-56-32(20-26(3)51-56)39(59)49-42-48-31-23-29(41(61)64-10)25-34(63-9)36(31)54(42)17-13-14-18-55-37-30(47-43(55)50-40(60)33-21-27(4)52-57(33)12-2)22-28(38(46)58)24-35(37)65-19-15-16-53(8)44(62)66-45(5,6)7/h13-14,20-25H,11-12,15-19H2,1-10H3,(H2,46,58)(H,47,50,60)(H,48,49,59)/b14-13+. The molecular formula is C45H56N12O9. The highest BCUT2D eigenvalue weighted by Crippen LogP contribution is 2.33. The number of allylic oxidation sites excluding steroid dienone is 2. The normalized spacial score (nSPS) is 11.6. The van der Waals surface area contributed by atoms with Gasteiger partial charge in [-0.25, -0.2) is 19.6 Å². The largest absolute Gasteiger partial charge is 0.494 e. The summed E-state index contributed by atoms with van der Waals surface area (Å²) in [5.74, 6) is -1.36. The van der Waals surface area contributed by atoms with Crippen LogP contribution in [0.4, 0.5) is 16.7 Å². The van der Waals surface area contributed by atoms with Gasteiger partial charge in [0.25, 0.3) is 11.8 Å². The van der Waals surface area contributed by atoms with Crippen molar-refractivity contribution >= 4 is 63.7 Å². The number of amides is 4. The fourth-order valence-corrected chi connectivity index (χ4v) is 7.19. The number of primary amides is 1. The molecule has 2 aromatic carbocycles. The van der Waals surface area contributed by atoms with Crippen molar-refractivity contribution in [3.8, 4) is 11.5 Å². The van der Waals surface area contributed by atoms with Crippen LogP contribution in [0.2, 0.25) is 0 Å². The van der Waals surface area contributed by atoms with Gasteiger partial charge in [0.15, 0.2) is 0 Å². The molecule has 0 saturated carbocycles. The molecule has 21 nitrogen and oxygen atoms in total. The van der Waals surface area contributed by atoms with Crippen LogP contribution in [0.15, 0.2) is 48.6 Å². The lowest BCUT2D eigenvalue weighted by Crippen LogP contribution is -2.35. The fraction of sp³-hybridized carbons (Fsp3) is 0.400. The smallest absolute Gasteiger partial charge is 0.410 e. The third-order valence-electron chi connectivity index (χ3n) is 10.2. The first-order valence-electron chi connectivity index (χ1n) is 21.3. The van der Waals surface area contributed by atoms with E-state index in [1.165, 1.54) is 37.3 Å². The van der Waals surface area contributed by atoms with Crippen molar-refractivity contribution in [2.45, 2.75) is 86.7 Å². The molecule has 0 radical (unpaired) electrons. The zero-order valence-corrected chi connectivity index (χ0v) is 38.8. The molecule has 4 amide bonds. The number of anilines is 2. The van der Waals surface area contributed by atoms with Crippen LogP contribution in [0.25, 0.3) is 22.1 Å². The number of fused-ring (bicyclic) bond motifs is 2. The van der Waals surface area contributed by atoms with Crippen molar-refractivity contribution in [1.82, 2.24) is 43.6 Å². The minimum atomic E-state index is -0.715. The van der Waals surface area contributed by atoms with Gasteiger partial charge in [0.1, 0.15) is 39.5 Å². The van der Waals surface area contributed by atoms with Crippen molar-refractivity contribution in [2.75, 3.05) is 45.1 Å². The number of imidazole rings is 2. The van der Waals surface area contributed by atoms with Gasteiger partial charge in [-0.1, -0.05) is 12.2 Å². The van der Waals surface area contributed by atoms with E-state index in [4.69, 9.17) is 34.6 Å². The van der Waals surface area contributed by atoms with Crippen LogP contribution in [0.5, 0.6) is 11.5 Å². The molecule has 66 heavy (non-hydrogen) atoms. The number of carbonyl (C=O) groups is 5. The zero-order chi connectivity index (χ0) is 48.0. The predicted octanol–water partition coefficient (Wildman–Crippen LogP) is 5.73. The first-order valence-corrected chi connectivity index (χ1v) is 21.3. The molecule has 0 aliphatic heterocycles. The van der Waals surface area contributed by atoms with Crippen LogP contribution in [0.1, 0.15) is 94.1 Å². The SMILES string of the molecule is CCn1nc(C)cc1C(=O)Nc1nc2cc(C(=O)OC)cc(OC)c2n1C/C=C/Cn1c(NC(=O)c2cc(C)nn2CC)nc2cc(C(N)=O)cc(OCCCN(C)C(=O)OC(C)(C)C)c21. The van der Waals surface area contributed by atoms with Gasteiger partial charge in [-0.3, -0.25) is 34.4 Å². The monoisotopic (exact) mass is 908 g/mol. The molecular weight excluding hydrogens is 853 g/mol.